The number of carboxylic acid groups (broad SMARTS) is 1. The van der Waals surface area contributed by atoms with Crippen LogP contribution in [-0.2, 0) is 28.6 Å². The van der Waals surface area contributed by atoms with Crippen LogP contribution in [0.2, 0.25) is 0 Å². The largest absolute Gasteiger partial charge is 0.544 e. The number of aliphatic carboxylic acids is 1. The Morgan fingerprint density at radius 3 is 1.51 bits per heavy atom. The lowest BCUT2D eigenvalue weighted by molar-refractivity contribution is -0.889. The molecular formula is C49H87NO7. The van der Waals surface area contributed by atoms with E-state index in [1.807, 2.05) is 0 Å². The molecule has 0 aromatic carbocycles. The molecule has 0 aliphatic heterocycles. The summed E-state index contributed by atoms with van der Waals surface area (Å²) >= 11 is 0. The molecule has 0 fully saturated rings. The summed E-state index contributed by atoms with van der Waals surface area (Å²) in [6.45, 7) is 4.60. The number of hydrogen-bond donors (Lipinski definition) is 0. The third-order valence-electron chi connectivity index (χ3n) is 10.2. The van der Waals surface area contributed by atoms with Crippen LogP contribution < -0.4 is 5.11 Å². The highest BCUT2D eigenvalue weighted by Gasteiger charge is 2.25. The number of ether oxygens (including phenoxy) is 3. The Balaban J connectivity index is 4.38. The number of rotatable bonds is 41. The number of unbranched alkanes of at least 4 members (excludes halogenated alkanes) is 20. The Morgan fingerprint density at radius 1 is 0.544 bits per heavy atom. The van der Waals surface area contributed by atoms with Gasteiger partial charge in [-0.05, 0) is 70.6 Å². The second-order valence-corrected chi connectivity index (χ2v) is 16.7. The van der Waals surface area contributed by atoms with Gasteiger partial charge in [0.25, 0.3) is 0 Å². The van der Waals surface area contributed by atoms with E-state index < -0.39 is 18.1 Å². The lowest BCUT2D eigenvalue weighted by Gasteiger charge is -2.34. The molecule has 0 aliphatic rings. The molecule has 330 valence electrons. The topological polar surface area (TPSA) is 102 Å². The van der Waals surface area contributed by atoms with Gasteiger partial charge in [-0.15, -0.1) is 0 Å². The van der Waals surface area contributed by atoms with Gasteiger partial charge < -0.3 is 28.6 Å². The molecule has 57 heavy (non-hydrogen) atoms. The fraction of sp³-hybridized carbons (Fsp3) is 0.776. The summed E-state index contributed by atoms with van der Waals surface area (Å²) in [5, 5.41) is 11.6. The zero-order valence-corrected chi connectivity index (χ0v) is 37.5. The number of allylic oxidation sites excluding steroid dienone is 8. The van der Waals surface area contributed by atoms with Crippen LogP contribution in [0.15, 0.2) is 48.6 Å². The van der Waals surface area contributed by atoms with Crippen molar-refractivity contribution in [1.82, 2.24) is 0 Å². The van der Waals surface area contributed by atoms with Crippen LogP contribution >= 0.6 is 0 Å². The van der Waals surface area contributed by atoms with E-state index in [0.717, 1.165) is 64.2 Å². The maximum absolute atomic E-state index is 12.7. The number of nitrogens with zero attached hydrogens (tertiary/aromatic N) is 1. The molecule has 0 aromatic rings. The highest BCUT2D eigenvalue weighted by Crippen LogP contribution is 2.13. The molecule has 2 atom stereocenters. The van der Waals surface area contributed by atoms with Gasteiger partial charge in [0.05, 0.1) is 40.3 Å². The van der Waals surface area contributed by atoms with Gasteiger partial charge in [0.1, 0.15) is 12.6 Å². The SMILES string of the molecule is CCCCC/C=C/C/C=C/CCCCCCCCCC(=O)OCC(COCCC(C(=O)[O-])[N+](C)(C)C)OC(=O)CCCCC/C=C/C=C/CCCCCCCCC. The minimum Gasteiger partial charge on any atom is -0.544 e. The molecule has 0 rings (SSSR count). The van der Waals surface area contributed by atoms with Crippen LogP contribution in [-0.4, -0.2) is 75.5 Å². The molecule has 0 radical (unpaired) electrons. The summed E-state index contributed by atoms with van der Waals surface area (Å²) in [5.74, 6) is -1.78. The molecule has 0 heterocycles. The average molecular weight is 802 g/mol. The van der Waals surface area contributed by atoms with Gasteiger partial charge in [0, 0.05) is 19.3 Å². The molecule has 0 aromatic heterocycles. The zero-order chi connectivity index (χ0) is 42.1. The Bertz CT molecular complexity index is 1070. The van der Waals surface area contributed by atoms with Crippen molar-refractivity contribution in [3.8, 4) is 0 Å². The van der Waals surface area contributed by atoms with Gasteiger partial charge in [-0.1, -0.05) is 152 Å². The first-order valence-electron chi connectivity index (χ1n) is 23.2. The van der Waals surface area contributed by atoms with Crippen LogP contribution in [0.4, 0.5) is 0 Å². The van der Waals surface area contributed by atoms with Crippen LogP contribution in [0.5, 0.6) is 0 Å². The number of quaternary nitrogens is 1. The van der Waals surface area contributed by atoms with E-state index in [1.54, 1.807) is 21.1 Å². The van der Waals surface area contributed by atoms with Crippen molar-refractivity contribution in [3.05, 3.63) is 48.6 Å². The molecule has 0 aliphatic carbocycles. The first kappa shape index (κ1) is 54.3. The summed E-state index contributed by atoms with van der Waals surface area (Å²) in [5.41, 5.74) is 0. The van der Waals surface area contributed by atoms with E-state index in [4.69, 9.17) is 14.2 Å². The van der Waals surface area contributed by atoms with E-state index in [1.165, 1.54) is 96.3 Å². The molecule has 8 nitrogen and oxygen atoms in total. The van der Waals surface area contributed by atoms with Gasteiger partial charge in [-0.25, -0.2) is 0 Å². The summed E-state index contributed by atoms with van der Waals surface area (Å²) in [7, 11) is 5.39. The van der Waals surface area contributed by atoms with E-state index in [0.29, 0.717) is 6.42 Å². The Hall–Kier alpha value is -2.71. The number of esters is 2. The first-order chi connectivity index (χ1) is 27.6. The molecule has 0 bridgehead atoms. The third-order valence-corrected chi connectivity index (χ3v) is 10.2. The van der Waals surface area contributed by atoms with Crippen LogP contribution in [0.25, 0.3) is 0 Å². The molecule has 8 heteroatoms. The number of likely N-dealkylation sites (N-methyl/N-ethyl adjacent to an activating group) is 1. The molecule has 2 unspecified atom stereocenters. The molecule has 0 N–H and O–H groups in total. The first-order valence-corrected chi connectivity index (χ1v) is 23.2. The van der Waals surface area contributed by atoms with Crippen molar-refractivity contribution in [2.45, 2.75) is 206 Å². The van der Waals surface area contributed by atoms with Gasteiger partial charge in [0.15, 0.2) is 6.10 Å². The fourth-order valence-corrected chi connectivity index (χ4v) is 6.56. The summed E-state index contributed by atoms with van der Waals surface area (Å²) < 4.78 is 17.2. The lowest BCUT2D eigenvalue weighted by atomic mass is 10.1. The predicted molar refractivity (Wildman–Crippen MR) is 236 cm³/mol. The monoisotopic (exact) mass is 802 g/mol. The van der Waals surface area contributed by atoms with E-state index in [9.17, 15) is 19.5 Å². The Morgan fingerprint density at radius 2 is 0.982 bits per heavy atom. The van der Waals surface area contributed by atoms with Crippen molar-refractivity contribution < 1.29 is 38.2 Å². The highest BCUT2D eigenvalue weighted by atomic mass is 16.6. The van der Waals surface area contributed by atoms with Crippen molar-refractivity contribution in [3.63, 3.8) is 0 Å². The van der Waals surface area contributed by atoms with E-state index in [-0.39, 0.29) is 49.1 Å². The van der Waals surface area contributed by atoms with Crippen molar-refractivity contribution in [2.75, 3.05) is 41.0 Å². The van der Waals surface area contributed by atoms with Gasteiger partial charge >= 0.3 is 11.9 Å². The number of carboxylic acids is 1. The number of hydrogen-bond acceptors (Lipinski definition) is 7. The minimum absolute atomic E-state index is 0.0270. The van der Waals surface area contributed by atoms with Gasteiger partial charge in [0.2, 0.25) is 0 Å². The van der Waals surface area contributed by atoms with Crippen molar-refractivity contribution in [1.29, 1.82) is 0 Å². The minimum atomic E-state index is -1.13. The van der Waals surface area contributed by atoms with Crippen LogP contribution in [0.3, 0.4) is 0 Å². The third kappa shape index (κ3) is 38.6. The van der Waals surface area contributed by atoms with Crippen LogP contribution in [0.1, 0.15) is 194 Å². The molecule has 0 saturated heterocycles. The summed E-state index contributed by atoms with van der Waals surface area (Å²) in [6, 6.07) is -0.732. The van der Waals surface area contributed by atoms with Gasteiger partial charge in [-0.2, -0.15) is 0 Å². The molecule has 0 spiro atoms. The normalized spacial score (nSPS) is 13.4. The highest BCUT2D eigenvalue weighted by molar-refractivity contribution is 5.70. The maximum Gasteiger partial charge on any atom is 0.306 e. The molecule has 0 saturated carbocycles. The van der Waals surface area contributed by atoms with E-state index >= 15 is 0 Å². The Labute approximate surface area is 350 Å². The zero-order valence-electron chi connectivity index (χ0n) is 37.5. The molecule has 0 amide bonds. The second-order valence-electron chi connectivity index (χ2n) is 16.7. The summed E-state index contributed by atoms with van der Waals surface area (Å²) in [6.07, 6.45) is 47.0. The van der Waals surface area contributed by atoms with E-state index in [2.05, 4.69) is 62.5 Å². The standard InChI is InChI=1S/C49H87NO7/c1-6-8-10-12-14-16-18-20-22-24-26-27-29-31-33-35-37-39-47(51)56-44-45(43-55-42-41-46(49(53)54)50(3,4)5)57-48(52)40-38-36-34-32-30-28-25-23-21-19-17-15-13-11-9-7-2/h14,16,20,22-23,25,28,30,45-46H,6-13,15,17-19,21,24,26-27,29,31-44H2,1-5H3/b16-14+,22-20+,25-23+,30-28+. The van der Waals surface area contributed by atoms with Gasteiger partial charge in [-0.3, -0.25) is 9.59 Å². The second kappa shape index (κ2) is 40.1. The lowest BCUT2D eigenvalue weighted by Crippen LogP contribution is -2.55. The summed E-state index contributed by atoms with van der Waals surface area (Å²) in [4.78, 5) is 36.9. The van der Waals surface area contributed by atoms with Crippen LogP contribution in [0, 0.1) is 0 Å². The Kier molecular flexibility index (Phi) is 38.2. The van der Waals surface area contributed by atoms with Crippen molar-refractivity contribution in [2.24, 2.45) is 0 Å². The fourth-order valence-electron chi connectivity index (χ4n) is 6.56. The number of carbonyl (C=O) groups is 3. The average Bonchev–Trinajstić information content (AvgIpc) is 3.17. The predicted octanol–water partition coefficient (Wildman–Crippen LogP) is 11.5. The smallest absolute Gasteiger partial charge is 0.306 e. The quantitative estimate of drug-likeness (QED) is 0.0199. The molecular weight excluding hydrogens is 715 g/mol. The van der Waals surface area contributed by atoms with Crippen molar-refractivity contribution >= 4 is 17.9 Å². The maximum atomic E-state index is 12.7. The number of carbonyl (C=O) groups excluding carboxylic acids is 3.